The molecule has 4 nitrogen and oxygen atoms in total. The molecule has 2 N–H and O–H groups in total. The molecule has 1 aromatic rings. The molecular weight excluding hydrogens is 352 g/mol. The highest BCUT2D eigenvalue weighted by Gasteiger charge is 2.14. The van der Waals surface area contributed by atoms with Crippen LogP contribution in [0.4, 0.5) is 11.5 Å². The fourth-order valence-corrected chi connectivity index (χ4v) is 3.09. The van der Waals surface area contributed by atoms with Crippen molar-refractivity contribution in [2.45, 2.75) is 33.6 Å². The standard InChI is InChI=1S/C17H23ClN4S.C2H6/c1-4-15(23-19-3)8-7-13(2)20-17-12-14(11-16(18)21-17)22-9-5-6-10-22;1-2/h4,7-8,11-12,19H,2,5-6,9-10H2,1,3H3,(H,20,21);1-2H3/b8-7-,15-4+;. The minimum atomic E-state index is 0.494. The van der Waals surface area contributed by atoms with Crippen molar-refractivity contribution >= 4 is 35.1 Å². The number of anilines is 2. The average Bonchev–Trinajstić information content (AvgIpc) is 3.14. The molecule has 0 atom stereocenters. The first-order valence-corrected chi connectivity index (χ1v) is 9.88. The van der Waals surface area contributed by atoms with Crippen LogP contribution in [0.1, 0.15) is 33.6 Å². The Morgan fingerprint density at radius 3 is 2.56 bits per heavy atom. The van der Waals surface area contributed by atoms with Crippen molar-refractivity contribution in [3.8, 4) is 0 Å². The zero-order chi connectivity index (χ0) is 18.7. The van der Waals surface area contributed by atoms with Crippen molar-refractivity contribution in [1.29, 1.82) is 0 Å². The Balaban J connectivity index is 0.00000151. The fourth-order valence-electron chi connectivity index (χ4n) is 2.40. The van der Waals surface area contributed by atoms with Gasteiger partial charge in [-0.15, -0.1) is 0 Å². The van der Waals surface area contributed by atoms with E-state index < -0.39 is 0 Å². The molecule has 1 saturated heterocycles. The Labute approximate surface area is 161 Å². The summed E-state index contributed by atoms with van der Waals surface area (Å²) in [5.41, 5.74) is 1.88. The SMILES string of the molecule is C=C(/C=C\C(=C/C)SNC)Nc1cc(N2CCCC2)cc(Cl)n1.CC. The molecule has 0 radical (unpaired) electrons. The van der Waals surface area contributed by atoms with Crippen LogP contribution in [0.25, 0.3) is 0 Å². The van der Waals surface area contributed by atoms with Crippen LogP contribution >= 0.6 is 23.5 Å². The van der Waals surface area contributed by atoms with E-state index in [0.717, 1.165) is 35.2 Å². The number of aromatic nitrogens is 1. The van der Waals surface area contributed by atoms with E-state index in [4.69, 9.17) is 11.6 Å². The molecule has 2 heterocycles. The van der Waals surface area contributed by atoms with E-state index in [2.05, 4.69) is 26.5 Å². The summed E-state index contributed by atoms with van der Waals surface area (Å²) in [5, 5.41) is 3.70. The molecule has 0 bridgehead atoms. The molecule has 0 aromatic carbocycles. The Kier molecular flexibility index (Phi) is 10.4. The van der Waals surface area contributed by atoms with Crippen LogP contribution in [-0.2, 0) is 0 Å². The maximum absolute atomic E-state index is 6.16. The zero-order valence-corrected chi connectivity index (χ0v) is 17.2. The van der Waals surface area contributed by atoms with Crippen molar-refractivity contribution in [2.24, 2.45) is 0 Å². The maximum atomic E-state index is 6.16. The lowest BCUT2D eigenvalue weighted by Crippen LogP contribution is -2.18. The summed E-state index contributed by atoms with van der Waals surface area (Å²) in [4.78, 5) is 7.78. The van der Waals surface area contributed by atoms with E-state index in [-0.39, 0.29) is 0 Å². The molecule has 0 unspecified atom stereocenters. The van der Waals surface area contributed by atoms with Gasteiger partial charge < -0.3 is 10.2 Å². The first-order valence-electron chi connectivity index (χ1n) is 8.69. The summed E-state index contributed by atoms with van der Waals surface area (Å²) in [7, 11) is 1.89. The Bertz CT molecular complexity index is 607. The molecule has 0 aliphatic carbocycles. The molecule has 1 aromatic heterocycles. The second kappa shape index (κ2) is 12.0. The molecule has 1 fully saturated rings. The van der Waals surface area contributed by atoms with Gasteiger partial charge in [0, 0.05) is 35.4 Å². The van der Waals surface area contributed by atoms with Crippen molar-refractivity contribution in [2.75, 3.05) is 30.4 Å². The second-order valence-corrected chi connectivity index (χ2v) is 6.68. The molecule has 2 rings (SSSR count). The molecular formula is C19H29ClN4S. The number of hydrogen-bond acceptors (Lipinski definition) is 5. The predicted molar refractivity (Wildman–Crippen MR) is 114 cm³/mol. The second-order valence-electron chi connectivity index (χ2n) is 5.21. The molecule has 138 valence electrons. The van der Waals surface area contributed by atoms with Gasteiger partial charge in [-0.2, -0.15) is 0 Å². The van der Waals surface area contributed by atoms with Crippen molar-refractivity contribution in [1.82, 2.24) is 9.71 Å². The van der Waals surface area contributed by atoms with Crippen molar-refractivity contribution in [3.63, 3.8) is 0 Å². The van der Waals surface area contributed by atoms with Crippen molar-refractivity contribution in [3.05, 3.63) is 52.7 Å². The van der Waals surface area contributed by atoms with Gasteiger partial charge in [0.25, 0.3) is 0 Å². The van der Waals surface area contributed by atoms with Crippen LogP contribution in [0.2, 0.25) is 5.15 Å². The average molecular weight is 381 g/mol. The van der Waals surface area contributed by atoms with Crippen LogP contribution < -0.4 is 14.9 Å². The van der Waals surface area contributed by atoms with Gasteiger partial charge in [0.05, 0.1) is 0 Å². The Morgan fingerprint density at radius 1 is 1.28 bits per heavy atom. The summed E-state index contributed by atoms with van der Waals surface area (Å²) in [5.74, 6) is 0.720. The van der Waals surface area contributed by atoms with E-state index in [9.17, 15) is 0 Å². The first kappa shape index (κ1) is 21.6. The topological polar surface area (TPSA) is 40.2 Å². The van der Waals surface area contributed by atoms with Gasteiger partial charge in [-0.1, -0.05) is 38.1 Å². The number of nitrogens with one attached hydrogen (secondary N) is 2. The lowest BCUT2D eigenvalue weighted by molar-refractivity contribution is 0.949. The number of nitrogens with zero attached hydrogens (tertiary/aromatic N) is 2. The lowest BCUT2D eigenvalue weighted by atomic mass is 10.3. The molecule has 25 heavy (non-hydrogen) atoms. The molecule has 1 aliphatic rings. The largest absolute Gasteiger partial charge is 0.371 e. The van der Waals surface area contributed by atoms with Gasteiger partial charge >= 0.3 is 0 Å². The highest BCUT2D eigenvalue weighted by molar-refractivity contribution is 8.01. The van der Waals surface area contributed by atoms with E-state index in [0.29, 0.717) is 5.15 Å². The Hall–Kier alpha value is -1.43. The summed E-state index contributed by atoms with van der Waals surface area (Å²) in [6, 6.07) is 3.94. The lowest BCUT2D eigenvalue weighted by Gasteiger charge is -2.18. The number of halogens is 1. The van der Waals surface area contributed by atoms with Gasteiger partial charge in [-0.25, -0.2) is 4.98 Å². The summed E-state index contributed by atoms with van der Waals surface area (Å²) in [6.45, 7) is 12.2. The highest BCUT2D eigenvalue weighted by Crippen LogP contribution is 2.26. The summed E-state index contributed by atoms with van der Waals surface area (Å²) in [6.07, 6.45) is 8.43. The van der Waals surface area contributed by atoms with Gasteiger partial charge in [0.1, 0.15) is 11.0 Å². The fraction of sp³-hybridized carbons (Fsp3) is 0.421. The van der Waals surface area contributed by atoms with E-state index >= 15 is 0 Å². The van der Waals surface area contributed by atoms with Crippen LogP contribution in [0, 0.1) is 0 Å². The minimum Gasteiger partial charge on any atom is -0.371 e. The number of pyridine rings is 1. The normalized spacial score (nSPS) is 14.4. The van der Waals surface area contributed by atoms with E-state index in [1.165, 1.54) is 12.8 Å². The van der Waals surface area contributed by atoms with Gasteiger partial charge in [-0.3, -0.25) is 4.72 Å². The maximum Gasteiger partial charge on any atom is 0.134 e. The predicted octanol–water partition coefficient (Wildman–Crippen LogP) is 5.61. The Morgan fingerprint density at radius 2 is 1.96 bits per heavy atom. The van der Waals surface area contributed by atoms with Gasteiger partial charge in [-0.05, 0) is 57.0 Å². The molecule has 0 spiro atoms. The molecule has 0 amide bonds. The summed E-state index contributed by atoms with van der Waals surface area (Å²) >= 11 is 7.72. The molecule has 6 heteroatoms. The van der Waals surface area contributed by atoms with E-state index in [1.54, 1.807) is 11.9 Å². The zero-order valence-electron chi connectivity index (χ0n) is 15.6. The third-order valence-electron chi connectivity index (χ3n) is 3.49. The van der Waals surface area contributed by atoms with Crippen LogP contribution in [-0.4, -0.2) is 25.1 Å². The minimum absolute atomic E-state index is 0.494. The van der Waals surface area contributed by atoms with Crippen molar-refractivity contribution < 1.29 is 0 Å². The van der Waals surface area contributed by atoms with Gasteiger partial charge in [0.2, 0.25) is 0 Å². The van der Waals surface area contributed by atoms with Gasteiger partial charge in [0.15, 0.2) is 0 Å². The number of allylic oxidation sites excluding steroid dienone is 3. The smallest absolute Gasteiger partial charge is 0.134 e. The van der Waals surface area contributed by atoms with Crippen LogP contribution in [0.5, 0.6) is 0 Å². The third kappa shape index (κ3) is 7.55. The number of rotatable bonds is 7. The highest BCUT2D eigenvalue weighted by atomic mass is 35.5. The molecule has 1 aliphatic heterocycles. The number of hydrogen-bond donors (Lipinski definition) is 2. The summed E-state index contributed by atoms with van der Waals surface area (Å²) < 4.78 is 3.05. The monoisotopic (exact) mass is 380 g/mol. The molecule has 0 saturated carbocycles. The quantitative estimate of drug-likeness (QED) is 0.365. The first-order chi connectivity index (χ1) is 12.1. The van der Waals surface area contributed by atoms with E-state index in [1.807, 2.05) is 58.2 Å². The third-order valence-corrected chi connectivity index (χ3v) is 4.50. The van der Waals surface area contributed by atoms with Crippen LogP contribution in [0.3, 0.4) is 0 Å². The van der Waals surface area contributed by atoms with Crippen LogP contribution in [0.15, 0.2) is 47.5 Å².